The number of urea groups is 1. The van der Waals surface area contributed by atoms with Crippen LogP contribution in [-0.4, -0.2) is 34.7 Å². The fourth-order valence-corrected chi connectivity index (χ4v) is 2.43. The largest absolute Gasteiger partial charge is 0.467 e. The second-order valence-corrected chi connectivity index (χ2v) is 5.55. The summed E-state index contributed by atoms with van der Waals surface area (Å²) >= 11 is 0. The molecule has 5 nitrogen and oxygen atoms in total. The van der Waals surface area contributed by atoms with Gasteiger partial charge in [0.15, 0.2) is 0 Å². The molecule has 2 amide bonds. The molecule has 0 spiro atoms. The van der Waals surface area contributed by atoms with Crippen molar-refractivity contribution in [3.63, 3.8) is 0 Å². The lowest BCUT2D eigenvalue weighted by Crippen LogP contribution is -2.46. The molecule has 0 radical (unpaired) electrons. The molecule has 0 aliphatic heterocycles. The van der Waals surface area contributed by atoms with E-state index < -0.39 is 0 Å². The predicted molar refractivity (Wildman–Crippen MR) is 76.3 cm³/mol. The maximum absolute atomic E-state index is 12.4. The summed E-state index contributed by atoms with van der Waals surface area (Å²) < 4.78 is 5.42. The van der Waals surface area contributed by atoms with Crippen LogP contribution in [0, 0.1) is 0 Å². The van der Waals surface area contributed by atoms with Crippen molar-refractivity contribution in [1.29, 1.82) is 0 Å². The van der Waals surface area contributed by atoms with Crippen LogP contribution in [0.1, 0.15) is 51.3 Å². The zero-order valence-electron chi connectivity index (χ0n) is 12.2. The molecule has 0 saturated heterocycles. The van der Waals surface area contributed by atoms with Gasteiger partial charge in [-0.2, -0.15) is 0 Å². The number of amides is 2. The molecule has 2 unspecified atom stereocenters. The average Bonchev–Trinajstić information content (AvgIpc) is 3.08. The van der Waals surface area contributed by atoms with Crippen LogP contribution in [0.5, 0.6) is 0 Å². The number of aliphatic hydroxyl groups excluding tert-OH is 1. The number of nitrogens with zero attached hydrogens (tertiary/aromatic N) is 1. The number of furan rings is 1. The van der Waals surface area contributed by atoms with Gasteiger partial charge in [-0.05, 0) is 51.7 Å². The minimum absolute atomic E-state index is 0.0400. The van der Waals surface area contributed by atoms with Crippen LogP contribution in [0.2, 0.25) is 0 Å². The smallest absolute Gasteiger partial charge is 0.318 e. The number of carbonyl (C=O) groups excluding carboxylic acids is 1. The second-order valence-electron chi connectivity index (χ2n) is 5.55. The molecule has 1 aliphatic rings. The summed E-state index contributed by atoms with van der Waals surface area (Å²) in [6.45, 7) is 4.13. The first kappa shape index (κ1) is 14.9. The van der Waals surface area contributed by atoms with Gasteiger partial charge in [0.1, 0.15) is 5.76 Å². The van der Waals surface area contributed by atoms with Crippen LogP contribution in [0.25, 0.3) is 0 Å². The van der Waals surface area contributed by atoms with Crippen LogP contribution >= 0.6 is 0 Å². The molecule has 1 saturated carbocycles. The Morgan fingerprint density at radius 3 is 2.85 bits per heavy atom. The lowest BCUT2D eigenvalue weighted by atomic mass is 10.2. The average molecular weight is 280 g/mol. The number of hydrogen-bond donors (Lipinski definition) is 2. The monoisotopic (exact) mass is 280 g/mol. The quantitative estimate of drug-likeness (QED) is 0.807. The third-order valence-corrected chi connectivity index (χ3v) is 3.71. The van der Waals surface area contributed by atoms with Gasteiger partial charge in [0.25, 0.3) is 0 Å². The fourth-order valence-electron chi connectivity index (χ4n) is 2.43. The SMILES string of the molecule is CC(CCCO)NC(=O)N(C1CC1)C(C)c1ccco1. The number of aliphatic hydroxyl groups is 1. The highest BCUT2D eigenvalue weighted by atomic mass is 16.3. The molecule has 2 rings (SSSR count). The molecule has 1 aromatic rings. The molecule has 112 valence electrons. The highest BCUT2D eigenvalue weighted by Gasteiger charge is 2.37. The zero-order chi connectivity index (χ0) is 14.5. The molecule has 5 heteroatoms. The van der Waals surface area contributed by atoms with Crippen molar-refractivity contribution in [3.8, 4) is 0 Å². The number of rotatable bonds is 7. The van der Waals surface area contributed by atoms with E-state index in [9.17, 15) is 4.79 Å². The summed E-state index contributed by atoms with van der Waals surface area (Å²) in [6, 6.07) is 4.05. The normalized spacial score (nSPS) is 17.6. The van der Waals surface area contributed by atoms with Crippen molar-refractivity contribution in [2.45, 2.75) is 57.7 Å². The third-order valence-electron chi connectivity index (χ3n) is 3.71. The van der Waals surface area contributed by atoms with E-state index in [0.29, 0.717) is 12.5 Å². The first-order valence-corrected chi connectivity index (χ1v) is 7.36. The van der Waals surface area contributed by atoms with E-state index in [1.165, 1.54) is 0 Å². The van der Waals surface area contributed by atoms with Gasteiger partial charge in [0.2, 0.25) is 0 Å². The Labute approximate surface area is 119 Å². The highest BCUT2D eigenvalue weighted by Crippen LogP contribution is 2.34. The maximum Gasteiger partial charge on any atom is 0.318 e. The molecular formula is C15H24N2O3. The van der Waals surface area contributed by atoms with E-state index in [4.69, 9.17) is 9.52 Å². The number of carbonyl (C=O) groups is 1. The van der Waals surface area contributed by atoms with E-state index in [1.54, 1.807) is 6.26 Å². The first-order valence-electron chi connectivity index (χ1n) is 7.36. The van der Waals surface area contributed by atoms with Crippen LogP contribution < -0.4 is 5.32 Å². The molecule has 1 aliphatic carbocycles. The Morgan fingerprint density at radius 2 is 2.30 bits per heavy atom. The topological polar surface area (TPSA) is 65.7 Å². The standard InChI is InChI=1S/C15H24N2O3/c1-11(5-3-9-18)16-15(19)17(13-7-8-13)12(2)14-6-4-10-20-14/h4,6,10-13,18H,3,5,7-9H2,1-2H3,(H,16,19). The van der Waals surface area contributed by atoms with Gasteiger partial charge >= 0.3 is 6.03 Å². The Morgan fingerprint density at radius 1 is 1.55 bits per heavy atom. The van der Waals surface area contributed by atoms with Gasteiger partial charge in [-0.15, -0.1) is 0 Å². The van der Waals surface area contributed by atoms with Crippen molar-refractivity contribution in [2.75, 3.05) is 6.61 Å². The van der Waals surface area contributed by atoms with Gasteiger partial charge in [0.05, 0.1) is 12.3 Å². The fraction of sp³-hybridized carbons (Fsp3) is 0.667. The number of hydrogen-bond acceptors (Lipinski definition) is 3. The van der Waals surface area contributed by atoms with Crippen LogP contribution in [0.4, 0.5) is 4.79 Å². The molecule has 0 bridgehead atoms. The Kier molecular flexibility index (Phi) is 5.06. The van der Waals surface area contributed by atoms with Crippen molar-refractivity contribution in [2.24, 2.45) is 0 Å². The highest BCUT2D eigenvalue weighted by molar-refractivity contribution is 5.75. The molecular weight excluding hydrogens is 256 g/mol. The lowest BCUT2D eigenvalue weighted by molar-refractivity contribution is 0.162. The summed E-state index contributed by atoms with van der Waals surface area (Å²) in [5, 5.41) is 11.8. The van der Waals surface area contributed by atoms with E-state index in [-0.39, 0.29) is 24.7 Å². The van der Waals surface area contributed by atoms with Crippen molar-refractivity contribution >= 4 is 6.03 Å². The molecule has 20 heavy (non-hydrogen) atoms. The third kappa shape index (κ3) is 3.76. The Bertz CT molecular complexity index is 415. The maximum atomic E-state index is 12.4. The molecule has 2 atom stereocenters. The summed E-state index contributed by atoms with van der Waals surface area (Å²) in [6.07, 6.45) is 5.25. The van der Waals surface area contributed by atoms with Crippen LogP contribution in [0.15, 0.2) is 22.8 Å². The van der Waals surface area contributed by atoms with Crippen molar-refractivity contribution in [1.82, 2.24) is 10.2 Å². The summed E-state index contributed by atoms with van der Waals surface area (Å²) in [5.41, 5.74) is 0. The summed E-state index contributed by atoms with van der Waals surface area (Å²) in [7, 11) is 0. The Balaban J connectivity index is 1.96. The number of nitrogens with one attached hydrogen (secondary N) is 1. The van der Waals surface area contributed by atoms with Gasteiger partial charge in [0, 0.05) is 18.7 Å². The molecule has 1 heterocycles. The minimum Gasteiger partial charge on any atom is -0.467 e. The van der Waals surface area contributed by atoms with Gasteiger partial charge in [-0.3, -0.25) is 0 Å². The van der Waals surface area contributed by atoms with Crippen molar-refractivity contribution in [3.05, 3.63) is 24.2 Å². The predicted octanol–water partition coefficient (Wildman–Crippen LogP) is 2.68. The zero-order valence-corrected chi connectivity index (χ0v) is 12.2. The Hall–Kier alpha value is -1.49. The van der Waals surface area contributed by atoms with Crippen molar-refractivity contribution < 1.29 is 14.3 Å². The molecule has 0 aromatic carbocycles. The van der Waals surface area contributed by atoms with Gasteiger partial charge < -0.3 is 19.7 Å². The summed E-state index contributed by atoms with van der Waals surface area (Å²) in [5.74, 6) is 0.815. The van der Waals surface area contributed by atoms with E-state index in [0.717, 1.165) is 25.0 Å². The lowest BCUT2D eigenvalue weighted by Gasteiger charge is -2.29. The van der Waals surface area contributed by atoms with E-state index >= 15 is 0 Å². The molecule has 2 N–H and O–H groups in total. The first-order chi connectivity index (χ1) is 9.63. The second kappa shape index (κ2) is 6.79. The van der Waals surface area contributed by atoms with Gasteiger partial charge in [-0.25, -0.2) is 4.79 Å². The van der Waals surface area contributed by atoms with E-state index in [1.807, 2.05) is 30.9 Å². The van der Waals surface area contributed by atoms with Gasteiger partial charge in [-0.1, -0.05) is 0 Å². The van der Waals surface area contributed by atoms with Crippen LogP contribution in [0.3, 0.4) is 0 Å². The molecule has 1 aromatic heterocycles. The summed E-state index contributed by atoms with van der Waals surface area (Å²) in [4.78, 5) is 14.3. The minimum atomic E-state index is -0.0532. The molecule has 1 fully saturated rings. The van der Waals surface area contributed by atoms with Crippen LogP contribution in [-0.2, 0) is 0 Å². The van der Waals surface area contributed by atoms with E-state index in [2.05, 4.69) is 5.32 Å².